The Labute approximate surface area is 181 Å². The smallest absolute Gasteiger partial charge is 0.266 e. The third kappa shape index (κ3) is 4.81. The van der Waals surface area contributed by atoms with Crippen molar-refractivity contribution in [2.45, 2.75) is 6.42 Å². The van der Waals surface area contributed by atoms with Crippen LogP contribution in [0, 0.1) is 0 Å². The zero-order valence-corrected chi connectivity index (χ0v) is 18.2. The van der Waals surface area contributed by atoms with Crippen molar-refractivity contribution in [3.63, 3.8) is 0 Å². The molecule has 28 heavy (non-hydrogen) atoms. The minimum atomic E-state index is -0.199. The third-order valence-electron chi connectivity index (χ3n) is 4.01. The van der Waals surface area contributed by atoms with Crippen LogP contribution in [0.5, 0.6) is 5.75 Å². The number of carbonyl (C=O) groups is 2. The van der Waals surface area contributed by atoms with E-state index in [0.717, 1.165) is 10.0 Å². The molecule has 1 aliphatic rings. The molecule has 0 aliphatic carbocycles. The van der Waals surface area contributed by atoms with Crippen LogP contribution in [0.3, 0.4) is 0 Å². The Morgan fingerprint density at radius 3 is 2.71 bits per heavy atom. The highest BCUT2D eigenvalue weighted by Crippen LogP contribution is 2.34. The topological polar surface area (TPSA) is 58.6 Å². The molecule has 2 amide bonds. The first-order chi connectivity index (χ1) is 13.5. The average Bonchev–Trinajstić information content (AvgIpc) is 2.95. The molecule has 1 saturated heterocycles. The molecule has 1 heterocycles. The lowest BCUT2D eigenvalue weighted by atomic mass is 10.2. The number of thiocarbonyl (C=S) groups is 1. The summed E-state index contributed by atoms with van der Waals surface area (Å²) >= 11 is 9.95. The average molecular weight is 477 g/mol. The molecule has 1 N–H and O–H groups in total. The van der Waals surface area contributed by atoms with E-state index in [4.69, 9.17) is 17.0 Å². The van der Waals surface area contributed by atoms with E-state index in [9.17, 15) is 9.59 Å². The standard InChI is InChI=1S/C20H17BrN2O3S2/c1-26-16-9-5-2-6-13(16)12-17-19(25)23(20(27)28-17)11-10-18(24)22-15-8-4-3-7-14(15)21/h2-9,12H,10-11H2,1H3,(H,22,24). The van der Waals surface area contributed by atoms with Crippen molar-refractivity contribution in [3.8, 4) is 5.75 Å². The van der Waals surface area contributed by atoms with Gasteiger partial charge in [0, 0.05) is 23.0 Å². The summed E-state index contributed by atoms with van der Waals surface area (Å²) in [5, 5.41) is 2.82. The molecule has 144 valence electrons. The summed E-state index contributed by atoms with van der Waals surface area (Å²) in [7, 11) is 1.58. The van der Waals surface area contributed by atoms with Gasteiger partial charge in [0.2, 0.25) is 5.91 Å². The number of methoxy groups -OCH3 is 1. The van der Waals surface area contributed by atoms with E-state index >= 15 is 0 Å². The molecule has 1 aliphatic heterocycles. The number of nitrogens with one attached hydrogen (secondary N) is 1. The van der Waals surface area contributed by atoms with Crippen LogP contribution in [0.2, 0.25) is 0 Å². The first kappa shape index (κ1) is 20.6. The van der Waals surface area contributed by atoms with E-state index in [1.54, 1.807) is 19.3 Å². The number of amides is 2. The molecule has 2 aromatic carbocycles. The number of hydrogen-bond donors (Lipinski definition) is 1. The van der Waals surface area contributed by atoms with Crippen LogP contribution in [0.25, 0.3) is 6.08 Å². The van der Waals surface area contributed by atoms with Crippen molar-refractivity contribution in [2.24, 2.45) is 0 Å². The molecule has 0 saturated carbocycles. The molecule has 3 rings (SSSR count). The number of anilines is 1. The Morgan fingerprint density at radius 2 is 1.96 bits per heavy atom. The number of halogens is 1. The van der Waals surface area contributed by atoms with Crippen LogP contribution in [-0.4, -0.2) is 34.7 Å². The van der Waals surface area contributed by atoms with Crippen LogP contribution in [0.4, 0.5) is 5.69 Å². The summed E-state index contributed by atoms with van der Waals surface area (Å²) in [5.41, 5.74) is 1.49. The summed E-state index contributed by atoms with van der Waals surface area (Å²) < 4.78 is 6.57. The fourth-order valence-electron chi connectivity index (χ4n) is 2.61. The van der Waals surface area contributed by atoms with Crippen molar-refractivity contribution in [1.29, 1.82) is 0 Å². The quantitative estimate of drug-likeness (QED) is 0.484. The second kappa shape index (κ2) is 9.36. The number of carbonyl (C=O) groups excluding carboxylic acids is 2. The Hall–Kier alpha value is -2.16. The molecular formula is C20H17BrN2O3S2. The summed E-state index contributed by atoms with van der Waals surface area (Å²) in [6.07, 6.45) is 1.91. The first-order valence-electron chi connectivity index (χ1n) is 8.42. The molecule has 0 bridgehead atoms. The predicted molar refractivity (Wildman–Crippen MR) is 120 cm³/mol. The van der Waals surface area contributed by atoms with Crippen molar-refractivity contribution >= 4 is 67.8 Å². The number of para-hydroxylation sites is 2. The zero-order valence-electron chi connectivity index (χ0n) is 15.0. The normalized spacial score (nSPS) is 15.2. The predicted octanol–water partition coefficient (Wildman–Crippen LogP) is 4.69. The second-order valence-electron chi connectivity index (χ2n) is 5.85. The van der Waals surface area contributed by atoms with Gasteiger partial charge in [-0.15, -0.1) is 0 Å². The number of thioether (sulfide) groups is 1. The largest absolute Gasteiger partial charge is 0.496 e. The van der Waals surface area contributed by atoms with E-state index in [0.29, 0.717) is 20.7 Å². The van der Waals surface area contributed by atoms with Crippen LogP contribution in [0.1, 0.15) is 12.0 Å². The molecule has 5 nitrogen and oxygen atoms in total. The Balaban J connectivity index is 1.65. The van der Waals surface area contributed by atoms with Gasteiger partial charge in [-0.3, -0.25) is 14.5 Å². The van der Waals surface area contributed by atoms with Crippen molar-refractivity contribution in [2.75, 3.05) is 19.0 Å². The molecule has 0 atom stereocenters. The van der Waals surface area contributed by atoms with Gasteiger partial charge in [-0.25, -0.2) is 0 Å². The SMILES string of the molecule is COc1ccccc1C=C1SC(=S)N(CCC(=O)Nc2ccccc2Br)C1=O. The van der Waals surface area contributed by atoms with Crippen LogP contribution < -0.4 is 10.1 Å². The number of ether oxygens (including phenoxy) is 1. The van der Waals surface area contributed by atoms with Crippen molar-refractivity contribution in [3.05, 3.63) is 63.5 Å². The lowest BCUT2D eigenvalue weighted by Gasteiger charge is -2.14. The van der Waals surface area contributed by atoms with Crippen molar-refractivity contribution < 1.29 is 14.3 Å². The lowest BCUT2D eigenvalue weighted by molar-refractivity contribution is -0.122. The van der Waals surface area contributed by atoms with Gasteiger partial charge < -0.3 is 10.1 Å². The fraction of sp³-hybridized carbons (Fsp3) is 0.150. The van der Waals surface area contributed by atoms with Gasteiger partial charge in [0.15, 0.2) is 0 Å². The van der Waals surface area contributed by atoms with Gasteiger partial charge in [0.05, 0.1) is 17.7 Å². The molecule has 1 fully saturated rings. The van der Waals surface area contributed by atoms with E-state index in [-0.39, 0.29) is 24.8 Å². The summed E-state index contributed by atoms with van der Waals surface area (Å²) in [5.74, 6) is 0.296. The lowest BCUT2D eigenvalue weighted by Crippen LogP contribution is -2.31. The molecule has 0 unspecified atom stereocenters. The highest BCUT2D eigenvalue weighted by Gasteiger charge is 2.32. The molecule has 0 spiro atoms. The van der Waals surface area contributed by atoms with Gasteiger partial charge in [-0.2, -0.15) is 0 Å². The van der Waals surface area contributed by atoms with Gasteiger partial charge in [0.25, 0.3) is 5.91 Å². The highest BCUT2D eigenvalue weighted by atomic mass is 79.9. The minimum absolute atomic E-state index is 0.149. The first-order valence-corrected chi connectivity index (χ1v) is 10.4. The molecule has 8 heteroatoms. The summed E-state index contributed by atoms with van der Waals surface area (Å²) in [6.45, 7) is 0.226. The van der Waals surface area contributed by atoms with Gasteiger partial charge in [0.1, 0.15) is 10.1 Å². The molecular weight excluding hydrogens is 460 g/mol. The van der Waals surface area contributed by atoms with Crippen LogP contribution in [-0.2, 0) is 9.59 Å². The number of rotatable bonds is 6. The number of hydrogen-bond acceptors (Lipinski definition) is 5. The van der Waals surface area contributed by atoms with E-state index in [1.165, 1.54) is 16.7 Å². The third-order valence-corrected chi connectivity index (χ3v) is 6.08. The monoisotopic (exact) mass is 476 g/mol. The molecule has 2 aromatic rings. The maximum atomic E-state index is 12.7. The Morgan fingerprint density at radius 1 is 1.25 bits per heavy atom. The number of benzene rings is 2. The van der Waals surface area contributed by atoms with Gasteiger partial charge in [-0.1, -0.05) is 54.3 Å². The maximum Gasteiger partial charge on any atom is 0.266 e. The highest BCUT2D eigenvalue weighted by molar-refractivity contribution is 9.10. The second-order valence-corrected chi connectivity index (χ2v) is 8.38. The Kier molecular flexibility index (Phi) is 6.88. The summed E-state index contributed by atoms with van der Waals surface area (Å²) in [6, 6.07) is 14.8. The van der Waals surface area contributed by atoms with Crippen LogP contribution in [0.15, 0.2) is 57.9 Å². The van der Waals surface area contributed by atoms with E-state index in [1.807, 2.05) is 42.5 Å². The van der Waals surface area contributed by atoms with Crippen LogP contribution >= 0.6 is 39.9 Å². The minimum Gasteiger partial charge on any atom is -0.496 e. The van der Waals surface area contributed by atoms with Gasteiger partial charge >= 0.3 is 0 Å². The molecule has 0 radical (unpaired) electrons. The zero-order chi connectivity index (χ0) is 20.1. The van der Waals surface area contributed by atoms with E-state index < -0.39 is 0 Å². The fourth-order valence-corrected chi connectivity index (χ4v) is 4.29. The van der Waals surface area contributed by atoms with Crippen molar-refractivity contribution in [1.82, 2.24) is 4.90 Å². The van der Waals surface area contributed by atoms with E-state index in [2.05, 4.69) is 21.2 Å². The Bertz CT molecular complexity index is 962. The maximum absolute atomic E-state index is 12.7. The van der Waals surface area contributed by atoms with Gasteiger partial charge in [-0.05, 0) is 40.2 Å². The summed E-state index contributed by atoms with van der Waals surface area (Å²) in [4.78, 5) is 26.9. The number of nitrogens with zero attached hydrogens (tertiary/aromatic N) is 1. The molecule has 0 aromatic heterocycles.